The monoisotopic (exact) mass is 663 g/mol. The number of nitrogens with zero attached hydrogens (tertiary/aromatic N) is 1. The van der Waals surface area contributed by atoms with Gasteiger partial charge in [0.05, 0.1) is 0 Å². The summed E-state index contributed by atoms with van der Waals surface area (Å²) in [5.41, 5.74) is 12.3. The average Bonchev–Trinajstić information content (AvgIpc) is 3.59. The normalized spacial score (nSPS) is 11.5. The molecule has 2 heteroatoms. The van der Waals surface area contributed by atoms with Crippen LogP contribution in [0.15, 0.2) is 205 Å². The molecule has 10 rings (SSSR count). The van der Waals surface area contributed by atoms with Gasteiger partial charge in [0.1, 0.15) is 11.2 Å². The number of benzene rings is 9. The highest BCUT2D eigenvalue weighted by Crippen LogP contribution is 2.39. The maximum absolute atomic E-state index is 6.23. The van der Waals surface area contributed by atoms with E-state index < -0.39 is 0 Å². The zero-order valence-corrected chi connectivity index (χ0v) is 28.4. The first-order valence-corrected chi connectivity index (χ1v) is 17.7. The Morgan fingerprint density at radius 2 is 0.788 bits per heavy atom. The summed E-state index contributed by atoms with van der Waals surface area (Å²) in [5, 5.41) is 7.21. The third-order valence-electron chi connectivity index (χ3n) is 10.2. The van der Waals surface area contributed by atoms with Gasteiger partial charge in [-0.2, -0.15) is 0 Å². The van der Waals surface area contributed by atoms with Gasteiger partial charge in [-0.1, -0.05) is 133 Å². The summed E-state index contributed by atoms with van der Waals surface area (Å²) in [6, 6.07) is 71.8. The van der Waals surface area contributed by atoms with Gasteiger partial charge in [0.15, 0.2) is 0 Å². The number of hydrogen-bond donors (Lipinski definition) is 0. The van der Waals surface area contributed by atoms with Gasteiger partial charge < -0.3 is 9.32 Å². The van der Waals surface area contributed by atoms with Crippen molar-refractivity contribution >= 4 is 60.5 Å². The molecule has 0 spiro atoms. The van der Waals surface area contributed by atoms with E-state index in [0.717, 1.165) is 50.1 Å². The Bertz CT molecular complexity index is 2900. The van der Waals surface area contributed by atoms with Crippen molar-refractivity contribution in [2.45, 2.75) is 0 Å². The molecule has 0 aliphatic rings. The molecule has 0 aliphatic carbocycles. The fourth-order valence-corrected chi connectivity index (χ4v) is 7.53. The summed E-state index contributed by atoms with van der Waals surface area (Å²) in [6.07, 6.45) is 0. The van der Waals surface area contributed by atoms with Gasteiger partial charge in [0, 0.05) is 27.8 Å². The van der Waals surface area contributed by atoms with Crippen molar-refractivity contribution in [1.29, 1.82) is 0 Å². The summed E-state index contributed by atoms with van der Waals surface area (Å²) in [5.74, 6) is 0. The molecule has 0 unspecified atom stereocenters. The van der Waals surface area contributed by atoms with E-state index >= 15 is 0 Å². The van der Waals surface area contributed by atoms with E-state index in [2.05, 4.69) is 193 Å². The van der Waals surface area contributed by atoms with Crippen molar-refractivity contribution < 1.29 is 4.42 Å². The van der Waals surface area contributed by atoms with Gasteiger partial charge in [-0.15, -0.1) is 0 Å². The molecule has 0 radical (unpaired) electrons. The van der Waals surface area contributed by atoms with Crippen LogP contribution in [0.1, 0.15) is 0 Å². The van der Waals surface area contributed by atoms with Crippen LogP contribution in [-0.4, -0.2) is 0 Å². The smallest absolute Gasteiger partial charge is 0.136 e. The molecule has 1 heterocycles. The number of hydrogen-bond acceptors (Lipinski definition) is 2. The molecular weight excluding hydrogens is 631 g/mol. The standard InChI is InChI=1S/C50H33NO/c1-2-12-44(13-3-1)51(45-14-8-11-38(31-45)43-26-28-48-47-15-6-7-16-49(47)52-50(48)33-43)46-27-25-41-30-40(23-24-42(41)32-46)36-19-17-35(18-20-36)39-22-21-34-9-4-5-10-37(34)29-39/h1-33H. The molecule has 1 aromatic heterocycles. The Hall–Kier alpha value is -6.90. The van der Waals surface area contributed by atoms with Crippen molar-refractivity contribution in [2.75, 3.05) is 4.90 Å². The second kappa shape index (κ2) is 12.5. The molecule has 52 heavy (non-hydrogen) atoms. The molecule has 0 saturated heterocycles. The fraction of sp³-hybridized carbons (Fsp3) is 0. The van der Waals surface area contributed by atoms with Crippen LogP contribution in [0.25, 0.3) is 76.9 Å². The maximum Gasteiger partial charge on any atom is 0.136 e. The van der Waals surface area contributed by atoms with Crippen molar-refractivity contribution in [3.05, 3.63) is 200 Å². The van der Waals surface area contributed by atoms with Crippen LogP contribution >= 0.6 is 0 Å². The first kappa shape index (κ1) is 30.0. The minimum atomic E-state index is 0.902. The second-order valence-corrected chi connectivity index (χ2v) is 13.4. The highest BCUT2D eigenvalue weighted by Gasteiger charge is 2.15. The highest BCUT2D eigenvalue weighted by molar-refractivity contribution is 6.06. The van der Waals surface area contributed by atoms with Crippen LogP contribution in [0.2, 0.25) is 0 Å². The summed E-state index contributed by atoms with van der Waals surface area (Å²) < 4.78 is 6.23. The zero-order chi connectivity index (χ0) is 34.4. The number of fused-ring (bicyclic) bond motifs is 5. The third-order valence-corrected chi connectivity index (χ3v) is 10.2. The summed E-state index contributed by atoms with van der Waals surface area (Å²) >= 11 is 0. The average molecular weight is 664 g/mol. The largest absolute Gasteiger partial charge is 0.456 e. The first-order valence-electron chi connectivity index (χ1n) is 17.7. The van der Waals surface area contributed by atoms with Gasteiger partial charge in [-0.25, -0.2) is 0 Å². The van der Waals surface area contributed by atoms with Gasteiger partial charge in [0.2, 0.25) is 0 Å². The minimum Gasteiger partial charge on any atom is -0.456 e. The van der Waals surface area contributed by atoms with Crippen LogP contribution in [0.5, 0.6) is 0 Å². The van der Waals surface area contributed by atoms with E-state index in [4.69, 9.17) is 4.42 Å². The molecule has 0 bridgehead atoms. The molecule has 0 saturated carbocycles. The number of furan rings is 1. The molecule has 0 fully saturated rings. The molecule has 244 valence electrons. The Balaban J connectivity index is 0.981. The van der Waals surface area contributed by atoms with E-state index in [1.54, 1.807) is 0 Å². The molecule has 0 aliphatic heterocycles. The van der Waals surface area contributed by atoms with Crippen molar-refractivity contribution in [2.24, 2.45) is 0 Å². The molecular formula is C50H33NO. The lowest BCUT2D eigenvalue weighted by Crippen LogP contribution is -2.09. The molecule has 0 N–H and O–H groups in total. The fourth-order valence-electron chi connectivity index (χ4n) is 7.53. The Morgan fingerprint density at radius 1 is 0.269 bits per heavy atom. The van der Waals surface area contributed by atoms with Crippen LogP contribution in [-0.2, 0) is 0 Å². The summed E-state index contributed by atoms with van der Waals surface area (Å²) in [6.45, 7) is 0. The van der Waals surface area contributed by atoms with Crippen molar-refractivity contribution in [1.82, 2.24) is 0 Å². The van der Waals surface area contributed by atoms with Gasteiger partial charge in [-0.05, 0) is 122 Å². The van der Waals surface area contributed by atoms with E-state index in [1.807, 2.05) is 12.1 Å². The van der Waals surface area contributed by atoms with Crippen molar-refractivity contribution in [3.63, 3.8) is 0 Å². The lowest BCUT2D eigenvalue weighted by atomic mass is 9.97. The molecule has 2 nitrogen and oxygen atoms in total. The quantitative estimate of drug-likeness (QED) is 0.176. The Kier molecular flexibility index (Phi) is 7.18. The Labute approximate surface area is 302 Å². The topological polar surface area (TPSA) is 16.4 Å². The van der Waals surface area contributed by atoms with E-state index in [0.29, 0.717) is 0 Å². The van der Waals surface area contributed by atoms with Crippen LogP contribution in [0.4, 0.5) is 17.1 Å². The third kappa shape index (κ3) is 5.39. The molecule has 0 amide bonds. The maximum atomic E-state index is 6.23. The lowest BCUT2D eigenvalue weighted by molar-refractivity contribution is 0.669. The first-order chi connectivity index (χ1) is 25.7. The molecule has 10 aromatic rings. The van der Waals surface area contributed by atoms with Gasteiger partial charge >= 0.3 is 0 Å². The zero-order valence-electron chi connectivity index (χ0n) is 28.4. The lowest BCUT2D eigenvalue weighted by Gasteiger charge is -2.26. The SMILES string of the molecule is c1ccc(N(c2cccc(-c3ccc4c(c3)oc3ccccc34)c2)c2ccc3cc(-c4ccc(-c5ccc6ccccc6c5)cc4)ccc3c2)cc1. The number of anilines is 3. The number of para-hydroxylation sites is 2. The minimum absolute atomic E-state index is 0.902. The Morgan fingerprint density at radius 3 is 1.60 bits per heavy atom. The van der Waals surface area contributed by atoms with Gasteiger partial charge in [-0.3, -0.25) is 0 Å². The summed E-state index contributed by atoms with van der Waals surface area (Å²) in [4.78, 5) is 2.34. The molecule has 9 aromatic carbocycles. The predicted molar refractivity (Wildman–Crippen MR) is 220 cm³/mol. The van der Waals surface area contributed by atoms with E-state index in [9.17, 15) is 0 Å². The van der Waals surface area contributed by atoms with Crippen molar-refractivity contribution in [3.8, 4) is 33.4 Å². The predicted octanol–water partition coefficient (Wildman–Crippen LogP) is 14.4. The molecule has 0 atom stereocenters. The van der Waals surface area contributed by atoms with E-state index in [-0.39, 0.29) is 0 Å². The van der Waals surface area contributed by atoms with Crippen LogP contribution in [0, 0.1) is 0 Å². The van der Waals surface area contributed by atoms with E-state index in [1.165, 1.54) is 43.8 Å². The second-order valence-electron chi connectivity index (χ2n) is 13.4. The van der Waals surface area contributed by atoms with Crippen LogP contribution in [0.3, 0.4) is 0 Å². The summed E-state index contributed by atoms with van der Waals surface area (Å²) in [7, 11) is 0. The van der Waals surface area contributed by atoms with Gasteiger partial charge in [0.25, 0.3) is 0 Å². The highest BCUT2D eigenvalue weighted by atomic mass is 16.3. The van der Waals surface area contributed by atoms with Crippen LogP contribution < -0.4 is 4.90 Å². The number of rotatable bonds is 6.